The number of hydrogen-bond donors (Lipinski definition) is 2. The van der Waals surface area contributed by atoms with E-state index in [-0.39, 0.29) is 11.8 Å². The van der Waals surface area contributed by atoms with Crippen molar-refractivity contribution >= 4 is 46.1 Å². The van der Waals surface area contributed by atoms with Crippen molar-refractivity contribution in [3.05, 3.63) is 6.20 Å². The lowest BCUT2D eigenvalue weighted by Gasteiger charge is -2.11. The number of anilines is 1. The molecular formula is C16H25ClN6O2S. The van der Waals surface area contributed by atoms with Gasteiger partial charge < -0.3 is 15.4 Å². The monoisotopic (exact) mass is 400 g/mol. The van der Waals surface area contributed by atoms with Gasteiger partial charge in [-0.25, -0.2) is 14.6 Å². The zero-order chi connectivity index (χ0) is 18.9. The van der Waals surface area contributed by atoms with Crippen molar-refractivity contribution in [2.45, 2.75) is 37.7 Å². The van der Waals surface area contributed by atoms with E-state index in [1.54, 1.807) is 22.6 Å². The Morgan fingerprint density at radius 1 is 1.38 bits per heavy atom. The van der Waals surface area contributed by atoms with Crippen LogP contribution in [0.3, 0.4) is 0 Å². The van der Waals surface area contributed by atoms with Crippen molar-refractivity contribution < 1.29 is 9.53 Å². The molecule has 0 unspecified atom stereocenters. The minimum Gasteiger partial charge on any atom is -0.380 e. The van der Waals surface area contributed by atoms with Crippen LogP contribution in [-0.2, 0) is 16.1 Å². The number of hydrogen-bond acceptors (Lipinski definition) is 7. The topological polar surface area (TPSA) is 94.0 Å². The molecule has 0 aliphatic carbocycles. The van der Waals surface area contributed by atoms with Crippen molar-refractivity contribution in [1.82, 2.24) is 25.1 Å². The van der Waals surface area contributed by atoms with Crippen LogP contribution in [0.25, 0.3) is 11.0 Å². The van der Waals surface area contributed by atoms with Crippen LogP contribution in [0.1, 0.15) is 20.8 Å². The van der Waals surface area contributed by atoms with Gasteiger partial charge in [0.1, 0.15) is 11.7 Å². The first kappa shape index (κ1) is 20.7. The van der Waals surface area contributed by atoms with Crippen LogP contribution in [0.4, 0.5) is 5.82 Å². The smallest absolute Gasteiger partial charge is 0.234 e. The average molecular weight is 401 g/mol. The normalized spacial score (nSPS) is 11.3. The van der Waals surface area contributed by atoms with Crippen molar-refractivity contribution in [2.24, 2.45) is 0 Å². The van der Waals surface area contributed by atoms with E-state index in [2.05, 4.69) is 39.5 Å². The lowest BCUT2D eigenvalue weighted by molar-refractivity contribution is -0.118. The number of aromatic nitrogens is 4. The van der Waals surface area contributed by atoms with Crippen LogP contribution >= 0.6 is 23.4 Å². The Morgan fingerprint density at radius 3 is 2.88 bits per heavy atom. The molecule has 0 saturated carbocycles. The lowest BCUT2D eigenvalue weighted by atomic mass is 10.4. The first-order valence-electron chi connectivity index (χ1n) is 8.59. The summed E-state index contributed by atoms with van der Waals surface area (Å²) < 4.78 is 7.14. The zero-order valence-corrected chi connectivity index (χ0v) is 16.9. The summed E-state index contributed by atoms with van der Waals surface area (Å²) in [6, 6.07) is 0. The van der Waals surface area contributed by atoms with Gasteiger partial charge >= 0.3 is 0 Å². The maximum absolute atomic E-state index is 11.3. The van der Waals surface area contributed by atoms with Gasteiger partial charge in [-0.3, -0.25) is 4.79 Å². The highest BCUT2D eigenvalue weighted by Gasteiger charge is 2.14. The summed E-state index contributed by atoms with van der Waals surface area (Å²) >= 11 is 7.09. The highest BCUT2D eigenvalue weighted by molar-refractivity contribution is 7.99. The van der Waals surface area contributed by atoms with Crippen LogP contribution in [0.5, 0.6) is 0 Å². The average Bonchev–Trinajstić information content (AvgIpc) is 3.01. The molecule has 0 atom stereocenters. The number of halogens is 1. The summed E-state index contributed by atoms with van der Waals surface area (Å²) in [7, 11) is 0. The Labute approximate surface area is 162 Å². The minimum absolute atomic E-state index is 0.0505. The van der Waals surface area contributed by atoms with E-state index in [0.29, 0.717) is 43.3 Å². The highest BCUT2D eigenvalue weighted by Crippen LogP contribution is 2.26. The van der Waals surface area contributed by atoms with Gasteiger partial charge in [-0.15, -0.1) is 11.6 Å². The third-order valence-electron chi connectivity index (χ3n) is 3.33. The number of ether oxygens (including phenoxy) is 1. The number of carbonyl (C=O) groups is 1. The number of amides is 1. The van der Waals surface area contributed by atoms with Crippen molar-refractivity contribution in [1.29, 1.82) is 0 Å². The second-order valence-corrected chi connectivity index (χ2v) is 7.54. The molecule has 0 fully saturated rings. The van der Waals surface area contributed by atoms with Gasteiger partial charge in [0.15, 0.2) is 10.8 Å². The Bertz CT molecular complexity index is 724. The van der Waals surface area contributed by atoms with Gasteiger partial charge in [0, 0.05) is 24.9 Å². The number of rotatable bonds is 11. The van der Waals surface area contributed by atoms with Gasteiger partial charge in [-0.05, 0) is 6.92 Å². The third kappa shape index (κ3) is 6.00. The van der Waals surface area contributed by atoms with E-state index in [0.717, 1.165) is 16.9 Å². The molecule has 144 valence electrons. The molecule has 0 aliphatic heterocycles. The zero-order valence-electron chi connectivity index (χ0n) is 15.3. The molecule has 26 heavy (non-hydrogen) atoms. The van der Waals surface area contributed by atoms with E-state index < -0.39 is 0 Å². The van der Waals surface area contributed by atoms with E-state index in [9.17, 15) is 4.79 Å². The molecule has 0 aromatic carbocycles. The lowest BCUT2D eigenvalue weighted by Crippen LogP contribution is -2.28. The summed E-state index contributed by atoms with van der Waals surface area (Å²) in [5, 5.41) is 12.3. The van der Waals surface area contributed by atoms with E-state index in [1.165, 1.54) is 0 Å². The molecule has 2 heterocycles. The second-order valence-electron chi connectivity index (χ2n) is 5.73. The van der Waals surface area contributed by atoms with E-state index >= 15 is 0 Å². The van der Waals surface area contributed by atoms with Crippen molar-refractivity contribution in [2.75, 3.05) is 37.5 Å². The van der Waals surface area contributed by atoms with Gasteiger partial charge in [-0.2, -0.15) is 5.10 Å². The summed E-state index contributed by atoms with van der Waals surface area (Å²) in [6.07, 6.45) is 1.74. The molecule has 0 radical (unpaired) electrons. The fourth-order valence-electron chi connectivity index (χ4n) is 2.23. The van der Waals surface area contributed by atoms with Gasteiger partial charge in [0.2, 0.25) is 5.91 Å². The molecule has 2 N–H and O–H groups in total. The molecule has 2 aromatic rings. The quantitative estimate of drug-likeness (QED) is 0.258. The number of fused-ring (bicyclic) bond motifs is 1. The number of thioether (sulfide) groups is 1. The highest BCUT2D eigenvalue weighted by atomic mass is 35.5. The van der Waals surface area contributed by atoms with Gasteiger partial charge in [0.05, 0.1) is 24.7 Å². The summed E-state index contributed by atoms with van der Waals surface area (Å²) in [5.74, 6) is 0.492. The van der Waals surface area contributed by atoms with Gasteiger partial charge in [-0.1, -0.05) is 25.6 Å². The van der Waals surface area contributed by atoms with Crippen LogP contribution < -0.4 is 10.6 Å². The predicted molar refractivity (Wildman–Crippen MR) is 105 cm³/mol. The van der Waals surface area contributed by atoms with Crippen LogP contribution in [0, 0.1) is 0 Å². The fraction of sp³-hybridized carbons (Fsp3) is 0.625. The minimum atomic E-state index is -0.202. The number of nitrogens with zero attached hydrogens (tertiary/aromatic N) is 4. The first-order chi connectivity index (χ1) is 12.5. The number of alkyl halides is 1. The number of nitrogens with one attached hydrogen (secondary N) is 2. The maximum atomic E-state index is 11.3. The molecule has 2 rings (SSSR count). The maximum Gasteiger partial charge on any atom is 0.234 e. The van der Waals surface area contributed by atoms with Crippen LogP contribution in [0.15, 0.2) is 11.4 Å². The first-order valence-corrected chi connectivity index (χ1v) is 10.0. The molecule has 0 spiro atoms. The summed E-state index contributed by atoms with van der Waals surface area (Å²) in [5.41, 5.74) is 0.738. The van der Waals surface area contributed by atoms with E-state index in [1.807, 2.05) is 6.92 Å². The predicted octanol–water partition coefficient (Wildman–Crippen LogP) is 2.13. The molecule has 8 nitrogen and oxygen atoms in total. The number of carbonyl (C=O) groups excluding carboxylic acids is 1. The SMILES string of the molecule is CCOCCNc1nc(SC(C)C)nc2c1cnn2CCNC(=O)CCl. The summed E-state index contributed by atoms with van der Waals surface area (Å²) in [6.45, 7) is 9.04. The van der Waals surface area contributed by atoms with Crippen molar-refractivity contribution in [3.8, 4) is 0 Å². The molecule has 0 saturated heterocycles. The Hall–Kier alpha value is -1.58. The van der Waals surface area contributed by atoms with Crippen LogP contribution in [-0.4, -0.2) is 63.1 Å². The Kier molecular flexibility index (Phi) is 8.40. The molecule has 2 aromatic heterocycles. The largest absolute Gasteiger partial charge is 0.380 e. The molecule has 0 bridgehead atoms. The fourth-order valence-corrected chi connectivity index (χ4v) is 3.03. The third-order valence-corrected chi connectivity index (χ3v) is 4.43. The van der Waals surface area contributed by atoms with Gasteiger partial charge in [0.25, 0.3) is 0 Å². The van der Waals surface area contributed by atoms with Crippen molar-refractivity contribution in [3.63, 3.8) is 0 Å². The molecule has 1 amide bonds. The van der Waals surface area contributed by atoms with E-state index in [4.69, 9.17) is 16.3 Å². The Morgan fingerprint density at radius 2 is 2.19 bits per heavy atom. The molecule has 0 aliphatic rings. The Balaban J connectivity index is 2.21. The second kappa shape index (κ2) is 10.5. The molecular weight excluding hydrogens is 376 g/mol. The van der Waals surface area contributed by atoms with Crippen LogP contribution in [0.2, 0.25) is 0 Å². The standard InChI is InChI=1S/C16H25ClN6O2S/c1-4-25-8-6-19-14-12-10-20-23(7-5-18-13(24)9-17)15(12)22-16(21-14)26-11(2)3/h10-11H,4-9H2,1-3H3,(H,18,24)(H,19,21,22). The molecule has 10 heteroatoms. The summed E-state index contributed by atoms with van der Waals surface area (Å²) in [4.78, 5) is 20.5.